The lowest BCUT2D eigenvalue weighted by molar-refractivity contribution is 0.102. The van der Waals surface area contributed by atoms with E-state index in [1.54, 1.807) is 36.5 Å². The summed E-state index contributed by atoms with van der Waals surface area (Å²) in [6, 6.07) is 19.9. The maximum Gasteiger partial charge on any atom is 0.262 e. The van der Waals surface area contributed by atoms with Crippen LogP contribution in [0, 0.1) is 5.82 Å². The van der Waals surface area contributed by atoms with Crippen molar-refractivity contribution in [3.05, 3.63) is 95.9 Å². The second kappa shape index (κ2) is 7.21. The first-order valence-corrected chi connectivity index (χ1v) is 8.25. The fourth-order valence-electron chi connectivity index (χ4n) is 2.57. The average molecular weight is 359 g/mol. The number of fused-ring (bicyclic) bond motifs is 1. The highest BCUT2D eigenvalue weighted by atomic mass is 19.1. The Morgan fingerprint density at radius 2 is 1.78 bits per heavy atom. The fourth-order valence-corrected chi connectivity index (χ4v) is 2.57. The van der Waals surface area contributed by atoms with Gasteiger partial charge in [-0.1, -0.05) is 24.3 Å². The molecule has 0 saturated carbocycles. The number of hydrogen-bond acceptors (Lipinski definition) is 4. The number of carbonyl (C=O) groups excluding carboxylic acids is 1. The van der Waals surface area contributed by atoms with Crippen LogP contribution >= 0.6 is 0 Å². The summed E-state index contributed by atoms with van der Waals surface area (Å²) in [4.78, 5) is 21.3. The first-order chi connectivity index (χ1) is 13.2. The molecule has 6 heteroatoms. The number of pyridine rings is 1. The molecule has 1 N–H and O–H groups in total. The Labute approximate surface area is 153 Å². The Hall–Kier alpha value is -3.80. The maximum atomic E-state index is 13.1. The lowest BCUT2D eigenvalue weighted by atomic mass is 10.1. The van der Waals surface area contributed by atoms with Gasteiger partial charge in [0.1, 0.15) is 22.8 Å². The molecule has 0 fully saturated rings. The molecule has 0 aliphatic heterocycles. The van der Waals surface area contributed by atoms with Crippen molar-refractivity contribution < 1.29 is 13.6 Å². The van der Waals surface area contributed by atoms with Gasteiger partial charge in [0.15, 0.2) is 0 Å². The van der Waals surface area contributed by atoms with Crippen LogP contribution in [0.4, 0.5) is 15.9 Å². The number of nitrogens with zero attached hydrogens (tertiary/aromatic N) is 2. The van der Waals surface area contributed by atoms with Crippen LogP contribution < -0.4 is 10.9 Å². The smallest absolute Gasteiger partial charge is 0.262 e. The van der Waals surface area contributed by atoms with E-state index in [1.165, 1.54) is 24.3 Å². The highest BCUT2D eigenvalue weighted by Gasteiger charge is 2.13. The maximum absolute atomic E-state index is 13.1. The predicted octanol–water partition coefficient (Wildman–Crippen LogP) is 4.45. The lowest BCUT2D eigenvalue weighted by Crippen LogP contribution is -2.22. The second-order valence-corrected chi connectivity index (χ2v) is 5.76. The molecule has 0 aliphatic rings. The van der Waals surface area contributed by atoms with Crippen molar-refractivity contribution in [1.82, 2.24) is 4.98 Å². The number of carbonyl (C=O) groups is 1. The molecule has 5 nitrogen and oxygen atoms in total. The molecule has 0 unspecified atom stereocenters. The molecule has 0 atom stereocenters. The second-order valence-electron chi connectivity index (χ2n) is 5.76. The summed E-state index contributed by atoms with van der Waals surface area (Å²) in [6.45, 7) is 0. The van der Waals surface area contributed by atoms with Crippen LogP contribution in [0.25, 0.3) is 11.0 Å². The van der Waals surface area contributed by atoms with E-state index in [0.29, 0.717) is 17.1 Å². The molecule has 0 spiro atoms. The SMILES string of the molecule is O=C(Nc1ccccn1)c1cc2ccccc2oc1=Nc1ccc(F)cc1. The number of rotatable bonds is 3. The molecule has 0 radical (unpaired) electrons. The highest BCUT2D eigenvalue weighted by Crippen LogP contribution is 2.16. The third-order valence-electron chi connectivity index (χ3n) is 3.86. The van der Waals surface area contributed by atoms with Gasteiger partial charge in [-0.2, -0.15) is 0 Å². The van der Waals surface area contributed by atoms with E-state index in [0.717, 1.165) is 5.39 Å². The minimum Gasteiger partial charge on any atom is -0.438 e. The number of nitrogens with one attached hydrogen (secondary N) is 1. The standard InChI is InChI=1S/C21H14FN3O2/c22-15-8-10-16(11-9-15)24-21-17(13-14-5-1-2-6-18(14)27-21)20(26)25-19-7-3-4-12-23-19/h1-13H,(H,23,25,26). The van der Waals surface area contributed by atoms with E-state index < -0.39 is 5.91 Å². The number of anilines is 1. The molecule has 4 aromatic rings. The van der Waals surface area contributed by atoms with Crippen molar-refractivity contribution in [2.75, 3.05) is 5.32 Å². The van der Waals surface area contributed by atoms with E-state index in [-0.39, 0.29) is 16.9 Å². The van der Waals surface area contributed by atoms with Crippen LogP contribution in [0.3, 0.4) is 0 Å². The van der Waals surface area contributed by atoms with E-state index in [4.69, 9.17) is 4.42 Å². The van der Waals surface area contributed by atoms with Crippen LogP contribution in [0.15, 0.2) is 88.4 Å². The van der Waals surface area contributed by atoms with Crippen molar-refractivity contribution in [3.8, 4) is 0 Å². The van der Waals surface area contributed by atoms with E-state index in [9.17, 15) is 9.18 Å². The van der Waals surface area contributed by atoms with Gasteiger partial charge >= 0.3 is 0 Å². The van der Waals surface area contributed by atoms with Gasteiger partial charge < -0.3 is 9.73 Å². The summed E-state index contributed by atoms with van der Waals surface area (Å²) in [6.07, 6.45) is 1.59. The van der Waals surface area contributed by atoms with Gasteiger partial charge in [-0.25, -0.2) is 14.4 Å². The molecule has 0 aliphatic carbocycles. The van der Waals surface area contributed by atoms with Crippen LogP contribution in [-0.2, 0) is 0 Å². The number of amides is 1. The Balaban J connectivity index is 1.84. The summed E-state index contributed by atoms with van der Waals surface area (Å²) in [5.74, 6) is -0.343. The summed E-state index contributed by atoms with van der Waals surface area (Å²) < 4.78 is 19.0. The minimum atomic E-state index is -0.399. The van der Waals surface area contributed by atoms with Crippen LogP contribution in [0.2, 0.25) is 0 Å². The molecular formula is C21H14FN3O2. The molecule has 0 bridgehead atoms. The molecule has 2 aromatic heterocycles. The molecule has 2 heterocycles. The van der Waals surface area contributed by atoms with E-state index >= 15 is 0 Å². The van der Waals surface area contributed by atoms with Crippen molar-refractivity contribution in [2.45, 2.75) is 0 Å². The molecule has 27 heavy (non-hydrogen) atoms. The number of hydrogen-bond donors (Lipinski definition) is 1. The zero-order valence-corrected chi connectivity index (χ0v) is 14.1. The average Bonchev–Trinajstić information content (AvgIpc) is 2.70. The molecular weight excluding hydrogens is 345 g/mol. The minimum absolute atomic E-state index is 0.133. The van der Waals surface area contributed by atoms with Crippen molar-refractivity contribution in [1.29, 1.82) is 0 Å². The van der Waals surface area contributed by atoms with Gasteiger partial charge in [0.05, 0.1) is 5.69 Å². The summed E-state index contributed by atoms with van der Waals surface area (Å²) >= 11 is 0. The summed E-state index contributed by atoms with van der Waals surface area (Å²) in [5, 5.41) is 3.49. The zero-order chi connectivity index (χ0) is 18.6. The van der Waals surface area contributed by atoms with Crippen molar-refractivity contribution >= 4 is 28.4 Å². The summed E-state index contributed by atoms with van der Waals surface area (Å²) in [5.41, 5.74) is 1.45. The van der Waals surface area contributed by atoms with Gasteiger partial charge in [0.2, 0.25) is 5.55 Å². The van der Waals surface area contributed by atoms with E-state index in [1.807, 2.05) is 18.2 Å². The summed E-state index contributed by atoms with van der Waals surface area (Å²) in [7, 11) is 0. The number of halogens is 1. The van der Waals surface area contributed by atoms with Crippen LogP contribution in [-0.4, -0.2) is 10.9 Å². The third-order valence-corrected chi connectivity index (χ3v) is 3.86. The fraction of sp³-hybridized carbons (Fsp3) is 0. The van der Waals surface area contributed by atoms with Gasteiger partial charge in [-0.3, -0.25) is 4.79 Å². The molecule has 2 aromatic carbocycles. The van der Waals surface area contributed by atoms with Gasteiger partial charge in [-0.15, -0.1) is 0 Å². The van der Waals surface area contributed by atoms with Gasteiger partial charge in [-0.05, 0) is 48.5 Å². The Kier molecular flexibility index (Phi) is 4.45. The normalized spacial score (nSPS) is 11.5. The first kappa shape index (κ1) is 16.7. The zero-order valence-electron chi connectivity index (χ0n) is 14.1. The van der Waals surface area contributed by atoms with Crippen LogP contribution in [0.1, 0.15) is 10.4 Å². The van der Waals surface area contributed by atoms with Crippen molar-refractivity contribution in [2.24, 2.45) is 4.99 Å². The Bertz CT molecular complexity index is 1170. The molecule has 132 valence electrons. The highest BCUT2D eigenvalue weighted by molar-refractivity contribution is 6.04. The first-order valence-electron chi connectivity index (χ1n) is 8.25. The van der Waals surface area contributed by atoms with Gasteiger partial charge in [0, 0.05) is 11.6 Å². The predicted molar refractivity (Wildman–Crippen MR) is 100 cm³/mol. The Morgan fingerprint density at radius 1 is 1.00 bits per heavy atom. The molecule has 4 rings (SSSR count). The monoisotopic (exact) mass is 359 g/mol. The quantitative estimate of drug-likeness (QED) is 0.587. The van der Waals surface area contributed by atoms with Gasteiger partial charge in [0.25, 0.3) is 5.91 Å². The van der Waals surface area contributed by atoms with E-state index in [2.05, 4.69) is 15.3 Å². The topological polar surface area (TPSA) is 67.5 Å². The third kappa shape index (κ3) is 3.74. The number of benzene rings is 2. The number of aromatic nitrogens is 1. The largest absolute Gasteiger partial charge is 0.438 e. The molecule has 1 amide bonds. The lowest BCUT2D eigenvalue weighted by Gasteiger charge is -2.06. The molecule has 0 saturated heterocycles. The van der Waals surface area contributed by atoms with Crippen LogP contribution in [0.5, 0.6) is 0 Å². The van der Waals surface area contributed by atoms with Crippen molar-refractivity contribution in [3.63, 3.8) is 0 Å². The number of para-hydroxylation sites is 1. The Morgan fingerprint density at radius 3 is 2.56 bits per heavy atom.